The number of rotatable bonds is 13. The number of nitrogens with one attached hydrogen (secondary N) is 4. The van der Waals surface area contributed by atoms with E-state index in [4.69, 9.17) is 14.2 Å². The standard InChI is InChI=1S/C34H40F3N5O5/c1-34(13-2-14-47-34)21-40-33(44)46-20-26-19-45-27(16-39-26)11-12-28-29(37)17-38-18-31(28)42-32(43)30(15-22-3-5-23(35)6-4-22)41-25-9-7-24(36)8-10-25/h3-10,17-18,26-27,30,39,41H,2,11-16,19-21H2,1H3,(H,40,44)(H,42,43)/t26-,27+,30-,34?/m0/s1. The minimum absolute atomic E-state index is 0.135. The Morgan fingerprint density at radius 3 is 2.51 bits per heavy atom. The molecule has 4 N–H and O–H groups in total. The predicted octanol–water partition coefficient (Wildman–Crippen LogP) is 4.75. The van der Waals surface area contributed by atoms with Crippen molar-refractivity contribution >= 4 is 23.4 Å². The second-order valence-electron chi connectivity index (χ2n) is 12.1. The first-order valence-corrected chi connectivity index (χ1v) is 15.8. The van der Waals surface area contributed by atoms with Crippen molar-refractivity contribution in [3.63, 3.8) is 0 Å². The van der Waals surface area contributed by atoms with Gasteiger partial charge in [-0.05, 0) is 74.6 Å². The number of carbonyl (C=O) groups excluding carboxylic acids is 2. The van der Waals surface area contributed by atoms with Gasteiger partial charge in [0.05, 0.1) is 42.4 Å². The molecule has 0 spiro atoms. The largest absolute Gasteiger partial charge is 0.448 e. The first-order valence-electron chi connectivity index (χ1n) is 15.8. The summed E-state index contributed by atoms with van der Waals surface area (Å²) in [5, 5.41) is 12.0. The molecule has 4 atom stereocenters. The second kappa shape index (κ2) is 16.1. The second-order valence-corrected chi connectivity index (χ2v) is 12.1. The summed E-state index contributed by atoms with van der Waals surface area (Å²) in [7, 11) is 0. The maximum Gasteiger partial charge on any atom is 0.407 e. The van der Waals surface area contributed by atoms with Gasteiger partial charge in [-0.3, -0.25) is 9.78 Å². The van der Waals surface area contributed by atoms with Crippen molar-refractivity contribution in [2.24, 2.45) is 0 Å². The number of morpholine rings is 1. The maximum absolute atomic E-state index is 15.0. The molecule has 0 aliphatic carbocycles. The molecular formula is C34H40F3N5O5. The highest BCUT2D eigenvalue weighted by Crippen LogP contribution is 2.24. The number of carbonyl (C=O) groups is 2. The molecule has 252 valence electrons. The SMILES string of the molecule is CC1(CNC(=O)OC[C@@H]2CO[C@H](CCc3c(F)cncc3NC(=O)[C@H](Cc3ccc(F)cc3)Nc3ccc(F)cc3)CN2)CCCO1. The van der Waals surface area contributed by atoms with Crippen molar-refractivity contribution in [1.29, 1.82) is 0 Å². The number of benzene rings is 2. The molecule has 1 unspecified atom stereocenters. The number of nitrogens with zero attached hydrogens (tertiary/aromatic N) is 1. The molecular weight excluding hydrogens is 615 g/mol. The number of ether oxygens (including phenoxy) is 3. The lowest BCUT2D eigenvalue weighted by Crippen LogP contribution is -2.49. The molecule has 13 heteroatoms. The van der Waals surface area contributed by atoms with E-state index in [0.717, 1.165) is 19.0 Å². The summed E-state index contributed by atoms with van der Waals surface area (Å²) in [6, 6.07) is 10.3. The number of amides is 2. The molecule has 0 bridgehead atoms. The Balaban J connectivity index is 1.13. The molecule has 0 saturated carbocycles. The number of aromatic nitrogens is 1. The van der Waals surface area contributed by atoms with Gasteiger partial charge in [0.25, 0.3) is 0 Å². The molecule has 0 radical (unpaired) electrons. The number of alkyl carbamates (subject to hydrolysis) is 1. The van der Waals surface area contributed by atoms with Gasteiger partial charge < -0.3 is 35.5 Å². The van der Waals surface area contributed by atoms with E-state index >= 15 is 4.39 Å². The van der Waals surface area contributed by atoms with E-state index < -0.39 is 35.5 Å². The number of pyridine rings is 1. The molecule has 2 amide bonds. The lowest BCUT2D eigenvalue weighted by Gasteiger charge is -2.30. The van der Waals surface area contributed by atoms with Crippen molar-refractivity contribution in [3.8, 4) is 0 Å². The van der Waals surface area contributed by atoms with Crippen molar-refractivity contribution in [2.45, 2.75) is 62.8 Å². The van der Waals surface area contributed by atoms with E-state index in [0.29, 0.717) is 44.0 Å². The van der Waals surface area contributed by atoms with Gasteiger partial charge in [-0.15, -0.1) is 0 Å². The monoisotopic (exact) mass is 655 g/mol. The quantitative estimate of drug-likeness (QED) is 0.208. The van der Waals surface area contributed by atoms with Gasteiger partial charge in [-0.2, -0.15) is 0 Å². The van der Waals surface area contributed by atoms with Crippen LogP contribution in [-0.4, -0.2) is 73.7 Å². The van der Waals surface area contributed by atoms with Gasteiger partial charge in [0, 0.05) is 37.4 Å². The van der Waals surface area contributed by atoms with Crippen LogP contribution in [0, 0.1) is 17.5 Å². The topological polar surface area (TPSA) is 123 Å². The molecule has 10 nitrogen and oxygen atoms in total. The lowest BCUT2D eigenvalue weighted by molar-refractivity contribution is -0.116. The molecule has 3 aromatic rings. The van der Waals surface area contributed by atoms with Crippen LogP contribution in [0.25, 0.3) is 0 Å². The third-order valence-electron chi connectivity index (χ3n) is 8.32. The van der Waals surface area contributed by atoms with Crippen molar-refractivity contribution in [2.75, 3.05) is 43.5 Å². The summed E-state index contributed by atoms with van der Waals surface area (Å²) in [4.78, 5) is 29.6. The van der Waals surface area contributed by atoms with Gasteiger partial charge in [-0.1, -0.05) is 12.1 Å². The van der Waals surface area contributed by atoms with Crippen LogP contribution < -0.4 is 21.3 Å². The van der Waals surface area contributed by atoms with Crippen molar-refractivity contribution in [3.05, 3.63) is 89.5 Å². The molecule has 5 rings (SSSR count). The fourth-order valence-electron chi connectivity index (χ4n) is 5.58. The summed E-state index contributed by atoms with van der Waals surface area (Å²) in [6.07, 6.45) is 4.49. The molecule has 3 heterocycles. The zero-order valence-corrected chi connectivity index (χ0v) is 26.2. The van der Waals surface area contributed by atoms with Crippen LogP contribution in [0.4, 0.5) is 29.3 Å². The Morgan fingerprint density at radius 1 is 1.09 bits per heavy atom. The third-order valence-corrected chi connectivity index (χ3v) is 8.32. The minimum atomic E-state index is -0.853. The van der Waals surface area contributed by atoms with E-state index in [1.807, 2.05) is 6.92 Å². The van der Waals surface area contributed by atoms with Crippen LogP contribution in [0.3, 0.4) is 0 Å². The number of hydrogen-bond donors (Lipinski definition) is 4. The fourth-order valence-corrected chi connectivity index (χ4v) is 5.58. The first-order chi connectivity index (χ1) is 22.7. The highest BCUT2D eigenvalue weighted by molar-refractivity contribution is 5.97. The average molecular weight is 656 g/mol. The summed E-state index contributed by atoms with van der Waals surface area (Å²) in [5.74, 6) is -1.86. The summed E-state index contributed by atoms with van der Waals surface area (Å²) in [5.41, 5.74) is 1.34. The molecule has 2 aromatic carbocycles. The van der Waals surface area contributed by atoms with Crippen molar-refractivity contribution in [1.82, 2.24) is 15.6 Å². The molecule has 47 heavy (non-hydrogen) atoms. The summed E-state index contributed by atoms with van der Waals surface area (Å²) >= 11 is 0. The molecule has 2 aliphatic rings. The number of anilines is 2. The van der Waals surface area contributed by atoms with Crippen LogP contribution >= 0.6 is 0 Å². The zero-order valence-electron chi connectivity index (χ0n) is 26.2. The van der Waals surface area contributed by atoms with Crippen LogP contribution in [0.2, 0.25) is 0 Å². The average Bonchev–Trinajstić information content (AvgIpc) is 3.51. The molecule has 2 saturated heterocycles. The number of hydrogen-bond acceptors (Lipinski definition) is 8. The van der Waals surface area contributed by atoms with Gasteiger partial charge >= 0.3 is 6.09 Å². The van der Waals surface area contributed by atoms with E-state index in [9.17, 15) is 18.4 Å². The fraction of sp³-hybridized carbons (Fsp3) is 0.441. The van der Waals surface area contributed by atoms with Crippen LogP contribution in [0.5, 0.6) is 0 Å². The maximum atomic E-state index is 15.0. The summed E-state index contributed by atoms with van der Waals surface area (Å²) < 4.78 is 59.0. The Kier molecular flexibility index (Phi) is 11.7. The van der Waals surface area contributed by atoms with Crippen LogP contribution in [0.15, 0.2) is 60.9 Å². The Morgan fingerprint density at radius 2 is 1.83 bits per heavy atom. The van der Waals surface area contributed by atoms with E-state index in [1.54, 1.807) is 12.1 Å². The normalized spacial score (nSPS) is 21.5. The molecule has 2 aliphatic heterocycles. The predicted molar refractivity (Wildman–Crippen MR) is 170 cm³/mol. The zero-order chi connectivity index (χ0) is 33.2. The highest BCUT2D eigenvalue weighted by Gasteiger charge is 2.31. The third kappa shape index (κ3) is 10.1. The molecule has 2 fully saturated rings. The van der Waals surface area contributed by atoms with Crippen LogP contribution in [-0.2, 0) is 31.8 Å². The van der Waals surface area contributed by atoms with E-state index in [2.05, 4.69) is 26.3 Å². The van der Waals surface area contributed by atoms with Gasteiger partial charge in [0.15, 0.2) is 0 Å². The Bertz CT molecular complexity index is 1430. The Hall–Kier alpha value is -4.20. The van der Waals surface area contributed by atoms with Crippen molar-refractivity contribution < 1.29 is 37.0 Å². The van der Waals surface area contributed by atoms with Gasteiger partial charge in [-0.25, -0.2) is 18.0 Å². The highest BCUT2D eigenvalue weighted by atomic mass is 19.1. The molecule has 1 aromatic heterocycles. The number of halogens is 3. The Labute approximate surface area is 271 Å². The summed E-state index contributed by atoms with van der Waals surface area (Å²) in [6.45, 7) is 3.95. The van der Waals surface area contributed by atoms with E-state index in [-0.39, 0.29) is 48.4 Å². The lowest BCUT2D eigenvalue weighted by atomic mass is 10.0. The van der Waals surface area contributed by atoms with Gasteiger partial charge in [0.2, 0.25) is 5.91 Å². The van der Waals surface area contributed by atoms with E-state index in [1.165, 1.54) is 42.6 Å². The first kappa shape index (κ1) is 34.1. The van der Waals surface area contributed by atoms with Crippen LogP contribution in [0.1, 0.15) is 37.3 Å². The smallest absolute Gasteiger partial charge is 0.407 e. The minimum Gasteiger partial charge on any atom is -0.448 e. The van der Waals surface area contributed by atoms with Gasteiger partial charge in [0.1, 0.15) is 30.1 Å².